The largest absolute Gasteiger partial charge is 0.497 e. The van der Waals surface area contributed by atoms with Crippen LogP contribution >= 0.6 is 0 Å². The quantitative estimate of drug-likeness (QED) is 0.715. The van der Waals surface area contributed by atoms with E-state index in [-0.39, 0.29) is 5.91 Å². The number of carbonyl (C=O) groups excluding carboxylic acids is 1. The molecule has 0 N–H and O–H groups in total. The van der Waals surface area contributed by atoms with E-state index in [1.807, 2.05) is 47.7 Å². The molecule has 2 aromatic carbocycles. The minimum atomic E-state index is 0.126. The number of hydrogen-bond donors (Lipinski definition) is 0. The van der Waals surface area contributed by atoms with Crippen molar-refractivity contribution in [2.45, 2.75) is 6.92 Å². The molecule has 0 saturated carbocycles. The number of piperazine rings is 1. The van der Waals surface area contributed by atoms with Crippen LogP contribution in [0.5, 0.6) is 5.75 Å². The van der Waals surface area contributed by atoms with Gasteiger partial charge in [0.2, 0.25) is 0 Å². The number of aromatic nitrogens is 1. The number of para-hydroxylation sites is 1. The molecule has 1 amide bonds. The number of methoxy groups -OCH3 is 1. The van der Waals surface area contributed by atoms with Gasteiger partial charge in [-0.15, -0.1) is 0 Å². The number of anilines is 1. The third-order valence-corrected chi connectivity index (χ3v) is 5.57. The van der Waals surface area contributed by atoms with Gasteiger partial charge >= 0.3 is 0 Å². The number of nitrogens with zero attached hydrogens (tertiary/aromatic N) is 3. The average Bonchev–Trinajstić information content (AvgIpc) is 2.98. The highest BCUT2D eigenvalue weighted by atomic mass is 16.5. The first-order valence-electron chi connectivity index (χ1n) is 9.32. The number of aryl methyl sites for hydroxylation is 2. The molecule has 5 nitrogen and oxygen atoms in total. The monoisotopic (exact) mass is 363 g/mol. The second-order valence-electron chi connectivity index (χ2n) is 7.03. The van der Waals surface area contributed by atoms with Gasteiger partial charge in [0.05, 0.1) is 7.11 Å². The van der Waals surface area contributed by atoms with Gasteiger partial charge in [-0.25, -0.2) is 0 Å². The first-order chi connectivity index (χ1) is 13.1. The maximum atomic E-state index is 13.2. The molecular formula is C22H25N3O2. The summed E-state index contributed by atoms with van der Waals surface area (Å²) >= 11 is 0. The lowest BCUT2D eigenvalue weighted by Gasteiger charge is -2.36. The summed E-state index contributed by atoms with van der Waals surface area (Å²) in [4.78, 5) is 17.5. The van der Waals surface area contributed by atoms with Gasteiger partial charge in [-0.05, 0) is 42.8 Å². The minimum absolute atomic E-state index is 0.126. The van der Waals surface area contributed by atoms with Crippen molar-refractivity contribution >= 4 is 22.5 Å². The van der Waals surface area contributed by atoms with E-state index in [0.29, 0.717) is 0 Å². The summed E-state index contributed by atoms with van der Waals surface area (Å²) in [7, 11) is 3.66. The van der Waals surface area contributed by atoms with Gasteiger partial charge in [0.1, 0.15) is 11.4 Å². The molecule has 1 aliphatic heterocycles. The summed E-state index contributed by atoms with van der Waals surface area (Å²) in [5.74, 6) is 0.986. The Hall–Kier alpha value is -2.95. The Balaban J connectivity index is 1.50. The molecule has 0 aliphatic carbocycles. The summed E-state index contributed by atoms with van der Waals surface area (Å²) in [6.07, 6.45) is 0. The van der Waals surface area contributed by atoms with Gasteiger partial charge in [-0.2, -0.15) is 0 Å². The fraction of sp³-hybridized carbons (Fsp3) is 0.318. The van der Waals surface area contributed by atoms with E-state index in [4.69, 9.17) is 4.74 Å². The van der Waals surface area contributed by atoms with E-state index in [9.17, 15) is 4.79 Å². The molecule has 3 aromatic rings. The lowest BCUT2D eigenvalue weighted by atomic mass is 10.1. The van der Waals surface area contributed by atoms with Gasteiger partial charge in [0.15, 0.2) is 0 Å². The molecule has 0 atom stereocenters. The molecule has 4 rings (SSSR count). The van der Waals surface area contributed by atoms with Crippen LogP contribution < -0.4 is 9.64 Å². The van der Waals surface area contributed by atoms with Crippen molar-refractivity contribution in [1.29, 1.82) is 0 Å². The maximum absolute atomic E-state index is 13.2. The van der Waals surface area contributed by atoms with Crippen molar-refractivity contribution in [2.24, 2.45) is 7.05 Å². The highest BCUT2D eigenvalue weighted by Gasteiger charge is 2.26. The molecule has 0 unspecified atom stereocenters. The highest BCUT2D eigenvalue weighted by Crippen LogP contribution is 2.26. The van der Waals surface area contributed by atoms with Crippen LogP contribution in [-0.2, 0) is 7.05 Å². The first-order valence-corrected chi connectivity index (χ1v) is 9.32. The van der Waals surface area contributed by atoms with Crippen molar-refractivity contribution < 1.29 is 9.53 Å². The topological polar surface area (TPSA) is 37.7 Å². The molecule has 1 saturated heterocycles. The highest BCUT2D eigenvalue weighted by molar-refractivity contribution is 6.01. The number of fused-ring (bicyclic) bond motifs is 1. The lowest BCUT2D eigenvalue weighted by molar-refractivity contribution is 0.0737. The molecule has 2 heterocycles. The second kappa shape index (κ2) is 6.99. The molecule has 0 bridgehead atoms. The Labute approximate surface area is 159 Å². The first kappa shape index (κ1) is 17.5. The summed E-state index contributed by atoms with van der Waals surface area (Å²) in [5.41, 5.74) is 4.14. The van der Waals surface area contributed by atoms with Crippen LogP contribution in [0.15, 0.2) is 48.5 Å². The summed E-state index contributed by atoms with van der Waals surface area (Å²) < 4.78 is 7.26. The normalized spacial score (nSPS) is 14.6. The SMILES string of the molecule is COc1ccc(N2CCN(C(=O)c3c(C)c4ccccc4n3C)CC2)cc1. The van der Waals surface area contributed by atoms with Crippen LogP contribution in [0.25, 0.3) is 10.9 Å². The Morgan fingerprint density at radius 3 is 2.26 bits per heavy atom. The van der Waals surface area contributed by atoms with E-state index < -0.39 is 0 Å². The standard InChI is InChI=1S/C22H25N3O2/c1-16-19-6-4-5-7-20(19)23(2)21(16)22(26)25-14-12-24(13-15-25)17-8-10-18(27-3)11-9-17/h4-11H,12-15H2,1-3H3. The summed E-state index contributed by atoms with van der Waals surface area (Å²) in [6, 6.07) is 16.3. The van der Waals surface area contributed by atoms with Crippen molar-refractivity contribution in [3.05, 3.63) is 59.8 Å². The molecule has 140 valence electrons. The number of benzene rings is 2. The van der Waals surface area contributed by atoms with Gasteiger partial charge in [0, 0.05) is 49.8 Å². The number of ether oxygens (including phenoxy) is 1. The van der Waals surface area contributed by atoms with E-state index in [2.05, 4.69) is 29.2 Å². The average molecular weight is 363 g/mol. The Kier molecular flexibility index (Phi) is 4.52. The lowest BCUT2D eigenvalue weighted by Crippen LogP contribution is -2.49. The van der Waals surface area contributed by atoms with E-state index in [1.54, 1.807) is 7.11 Å². The van der Waals surface area contributed by atoms with Gasteiger partial charge < -0.3 is 19.1 Å². The molecule has 1 fully saturated rings. The van der Waals surface area contributed by atoms with Crippen molar-refractivity contribution in [3.8, 4) is 5.75 Å². The zero-order valence-corrected chi connectivity index (χ0v) is 16.1. The van der Waals surface area contributed by atoms with Crippen molar-refractivity contribution in [1.82, 2.24) is 9.47 Å². The summed E-state index contributed by atoms with van der Waals surface area (Å²) in [5, 5.41) is 1.15. The van der Waals surface area contributed by atoms with Crippen molar-refractivity contribution in [2.75, 3.05) is 38.2 Å². The predicted molar refractivity (Wildman–Crippen MR) is 109 cm³/mol. The second-order valence-corrected chi connectivity index (χ2v) is 7.03. The van der Waals surface area contributed by atoms with E-state index in [0.717, 1.165) is 54.1 Å². The van der Waals surface area contributed by atoms with Crippen LogP contribution in [0.1, 0.15) is 16.1 Å². The number of carbonyl (C=O) groups is 1. The zero-order valence-electron chi connectivity index (χ0n) is 16.1. The predicted octanol–water partition coefficient (Wildman–Crippen LogP) is 3.46. The molecule has 0 spiro atoms. The van der Waals surface area contributed by atoms with Gasteiger partial charge in [-0.3, -0.25) is 4.79 Å². The molecule has 1 aromatic heterocycles. The van der Waals surface area contributed by atoms with E-state index >= 15 is 0 Å². The maximum Gasteiger partial charge on any atom is 0.270 e. The smallest absolute Gasteiger partial charge is 0.270 e. The number of hydrogen-bond acceptors (Lipinski definition) is 3. The number of amides is 1. The van der Waals surface area contributed by atoms with Gasteiger partial charge in [0.25, 0.3) is 5.91 Å². The molecule has 27 heavy (non-hydrogen) atoms. The molecule has 0 radical (unpaired) electrons. The fourth-order valence-corrected chi connectivity index (χ4v) is 4.00. The van der Waals surface area contributed by atoms with Crippen LogP contribution in [0.4, 0.5) is 5.69 Å². The van der Waals surface area contributed by atoms with E-state index in [1.165, 1.54) is 5.69 Å². The molecular weight excluding hydrogens is 338 g/mol. The van der Waals surface area contributed by atoms with Crippen LogP contribution in [-0.4, -0.2) is 48.7 Å². The van der Waals surface area contributed by atoms with Crippen molar-refractivity contribution in [3.63, 3.8) is 0 Å². The van der Waals surface area contributed by atoms with Gasteiger partial charge in [-0.1, -0.05) is 18.2 Å². The number of rotatable bonds is 3. The third-order valence-electron chi connectivity index (χ3n) is 5.57. The summed E-state index contributed by atoms with van der Waals surface area (Å²) in [6.45, 7) is 5.17. The Morgan fingerprint density at radius 2 is 1.63 bits per heavy atom. The molecule has 1 aliphatic rings. The zero-order chi connectivity index (χ0) is 19.0. The van der Waals surface area contributed by atoms with Crippen LogP contribution in [0, 0.1) is 6.92 Å². The molecule has 5 heteroatoms. The third kappa shape index (κ3) is 3.03. The Morgan fingerprint density at radius 1 is 0.963 bits per heavy atom. The Bertz CT molecular complexity index is 928. The van der Waals surface area contributed by atoms with Crippen LogP contribution in [0.2, 0.25) is 0 Å². The van der Waals surface area contributed by atoms with Crippen LogP contribution in [0.3, 0.4) is 0 Å². The fourth-order valence-electron chi connectivity index (χ4n) is 4.00. The minimum Gasteiger partial charge on any atom is -0.497 e.